The molecule has 118 valence electrons. The lowest BCUT2D eigenvalue weighted by Crippen LogP contribution is -2.65. The van der Waals surface area contributed by atoms with Crippen LogP contribution in [0.2, 0.25) is 0 Å². The molecule has 2 unspecified atom stereocenters. The molecule has 5 nitrogen and oxygen atoms in total. The molecule has 0 spiro atoms. The molecule has 0 radical (unpaired) electrons. The number of hydrogen-bond donors (Lipinski definition) is 1. The molecule has 1 aromatic rings. The maximum atomic E-state index is 5.26. The Labute approximate surface area is 127 Å². The third-order valence-corrected chi connectivity index (χ3v) is 5.15. The van der Waals surface area contributed by atoms with E-state index in [-0.39, 0.29) is 5.54 Å². The SMILES string of the molecule is Cc1noc(CCN2CC(C)(C3CC3)NCC2C(C)C)n1. The van der Waals surface area contributed by atoms with E-state index in [1.165, 1.54) is 12.8 Å². The molecule has 0 bridgehead atoms. The van der Waals surface area contributed by atoms with Gasteiger partial charge in [0.2, 0.25) is 5.89 Å². The third kappa shape index (κ3) is 3.29. The standard InChI is InChI=1S/C16H28N4O/c1-11(2)14-9-17-16(4,13-5-6-13)10-20(14)8-7-15-18-12(3)19-21-15/h11,13-14,17H,5-10H2,1-4H3. The van der Waals surface area contributed by atoms with Gasteiger partial charge in [-0.1, -0.05) is 19.0 Å². The van der Waals surface area contributed by atoms with Gasteiger partial charge in [0.25, 0.3) is 0 Å². The summed E-state index contributed by atoms with van der Waals surface area (Å²) in [4.78, 5) is 6.97. The third-order valence-electron chi connectivity index (χ3n) is 5.15. The maximum Gasteiger partial charge on any atom is 0.227 e. The molecule has 0 amide bonds. The predicted molar refractivity (Wildman–Crippen MR) is 82.1 cm³/mol. The van der Waals surface area contributed by atoms with Crippen LogP contribution in [-0.2, 0) is 6.42 Å². The molecule has 1 saturated heterocycles. The van der Waals surface area contributed by atoms with Crippen molar-refractivity contribution >= 4 is 0 Å². The minimum Gasteiger partial charge on any atom is -0.339 e. The summed E-state index contributed by atoms with van der Waals surface area (Å²) in [6.07, 6.45) is 3.61. The number of rotatable bonds is 5. The minimum atomic E-state index is 0.288. The molecule has 1 aliphatic heterocycles. The van der Waals surface area contributed by atoms with Gasteiger partial charge in [0.05, 0.1) is 0 Å². The first-order valence-corrected chi connectivity index (χ1v) is 8.26. The van der Waals surface area contributed by atoms with Gasteiger partial charge in [-0.05, 0) is 38.5 Å². The first-order valence-electron chi connectivity index (χ1n) is 8.26. The van der Waals surface area contributed by atoms with Gasteiger partial charge in [-0.25, -0.2) is 0 Å². The molecule has 0 aromatic carbocycles. The molecule has 5 heteroatoms. The number of piperazine rings is 1. The van der Waals surface area contributed by atoms with Crippen LogP contribution in [-0.4, -0.2) is 46.3 Å². The number of nitrogens with zero attached hydrogens (tertiary/aromatic N) is 3. The average Bonchev–Trinajstić information content (AvgIpc) is 3.21. The van der Waals surface area contributed by atoms with E-state index in [9.17, 15) is 0 Å². The first kappa shape index (κ1) is 15.0. The molecule has 2 heterocycles. The van der Waals surface area contributed by atoms with Crippen LogP contribution >= 0.6 is 0 Å². The minimum absolute atomic E-state index is 0.288. The lowest BCUT2D eigenvalue weighted by molar-refractivity contribution is 0.0518. The van der Waals surface area contributed by atoms with Crippen LogP contribution in [0.1, 0.15) is 45.3 Å². The van der Waals surface area contributed by atoms with E-state index in [1.54, 1.807) is 0 Å². The molecule has 1 aromatic heterocycles. The predicted octanol–water partition coefficient (Wildman–Crippen LogP) is 2.02. The van der Waals surface area contributed by atoms with Crippen molar-refractivity contribution in [2.24, 2.45) is 11.8 Å². The molecule has 1 aliphatic carbocycles. The highest BCUT2D eigenvalue weighted by Gasteiger charge is 2.46. The molecule has 1 saturated carbocycles. The quantitative estimate of drug-likeness (QED) is 0.900. The van der Waals surface area contributed by atoms with Crippen LogP contribution in [0, 0.1) is 18.8 Å². The van der Waals surface area contributed by atoms with Crippen molar-refractivity contribution in [2.75, 3.05) is 19.6 Å². The van der Waals surface area contributed by atoms with Crippen LogP contribution in [0.15, 0.2) is 4.52 Å². The Morgan fingerprint density at radius 2 is 2.19 bits per heavy atom. The van der Waals surface area contributed by atoms with Crippen molar-refractivity contribution in [3.05, 3.63) is 11.7 Å². The van der Waals surface area contributed by atoms with E-state index in [0.29, 0.717) is 12.0 Å². The Bertz CT molecular complexity index is 482. The van der Waals surface area contributed by atoms with Crippen molar-refractivity contribution in [2.45, 2.75) is 58.5 Å². The Hall–Kier alpha value is -0.940. The zero-order chi connectivity index (χ0) is 15.0. The molecule has 2 atom stereocenters. The van der Waals surface area contributed by atoms with E-state index in [0.717, 1.165) is 43.7 Å². The Kier molecular flexibility index (Phi) is 4.06. The molecule has 1 N–H and O–H groups in total. The fourth-order valence-corrected chi connectivity index (χ4v) is 3.64. The summed E-state index contributed by atoms with van der Waals surface area (Å²) in [6.45, 7) is 12.1. The van der Waals surface area contributed by atoms with Gasteiger partial charge in [0, 0.05) is 37.6 Å². The molecule has 21 heavy (non-hydrogen) atoms. The van der Waals surface area contributed by atoms with Gasteiger partial charge in [0.1, 0.15) is 0 Å². The van der Waals surface area contributed by atoms with Gasteiger partial charge >= 0.3 is 0 Å². The van der Waals surface area contributed by atoms with Gasteiger partial charge in [-0.2, -0.15) is 4.98 Å². The fraction of sp³-hybridized carbons (Fsp3) is 0.875. The summed E-state index contributed by atoms with van der Waals surface area (Å²) in [5, 5.41) is 7.71. The fourth-order valence-electron chi connectivity index (χ4n) is 3.64. The molecule has 3 rings (SSSR count). The number of hydrogen-bond acceptors (Lipinski definition) is 5. The van der Waals surface area contributed by atoms with Gasteiger partial charge in [-0.3, -0.25) is 4.90 Å². The second kappa shape index (κ2) is 5.69. The number of aromatic nitrogens is 2. The lowest BCUT2D eigenvalue weighted by atomic mass is 9.88. The Balaban J connectivity index is 1.65. The Morgan fingerprint density at radius 1 is 1.43 bits per heavy atom. The summed E-state index contributed by atoms with van der Waals surface area (Å²) in [5.41, 5.74) is 0.288. The molecule has 2 fully saturated rings. The molecular weight excluding hydrogens is 264 g/mol. The topological polar surface area (TPSA) is 54.2 Å². The van der Waals surface area contributed by atoms with Crippen LogP contribution in [0.4, 0.5) is 0 Å². The van der Waals surface area contributed by atoms with Crippen LogP contribution < -0.4 is 5.32 Å². The highest BCUT2D eigenvalue weighted by Crippen LogP contribution is 2.41. The smallest absolute Gasteiger partial charge is 0.227 e. The first-order chi connectivity index (χ1) is 9.98. The maximum absolute atomic E-state index is 5.26. The average molecular weight is 292 g/mol. The van der Waals surface area contributed by atoms with E-state index in [4.69, 9.17) is 4.52 Å². The summed E-state index contributed by atoms with van der Waals surface area (Å²) in [6, 6.07) is 0.598. The molecule has 2 aliphatic rings. The second-order valence-corrected chi connectivity index (χ2v) is 7.34. The van der Waals surface area contributed by atoms with Gasteiger partial charge in [-0.15, -0.1) is 0 Å². The second-order valence-electron chi connectivity index (χ2n) is 7.34. The highest BCUT2D eigenvalue weighted by molar-refractivity contribution is 5.04. The van der Waals surface area contributed by atoms with Crippen molar-refractivity contribution in [3.8, 4) is 0 Å². The Morgan fingerprint density at radius 3 is 2.76 bits per heavy atom. The highest BCUT2D eigenvalue weighted by atomic mass is 16.5. The van der Waals surface area contributed by atoms with Crippen molar-refractivity contribution in [1.82, 2.24) is 20.4 Å². The summed E-state index contributed by atoms with van der Waals surface area (Å²) < 4.78 is 5.26. The van der Waals surface area contributed by atoms with Gasteiger partial charge in [0.15, 0.2) is 5.82 Å². The monoisotopic (exact) mass is 292 g/mol. The van der Waals surface area contributed by atoms with Crippen molar-refractivity contribution < 1.29 is 4.52 Å². The lowest BCUT2D eigenvalue weighted by Gasteiger charge is -2.48. The largest absolute Gasteiger partial charge is 0.339 e. The van der Waals surface area contributed by atoms with E-state index in [1.807, 2.05) is 6.92 Å². The van der Waals surface area contributed by atoms with Crippen LogP contribution in [0.5, 0.6) is 0 Å². The zero-order valence-corrected chi connectivity index (χ0v) is 13.7. The van der Waals surface area contributed by atoms with Gasteiger partial charge < -0.3 is 9.84 Å². The zero-order valence-electron chi connectivity index (χ0n) is 13.7. The summed E-state index contributed by atoms with van der Waals surface area (Å²) >= 11 is 0. The number of aryl methyl sites for hydroxylation is 1. The van der Waals surface area contributed by atoms with E-state index >= 15 is 0 Å². The van der Waals surface area contributed by atoms with Crippen molar-refractivity contribution in [3.63, 3.8) is 0 Å². The summed E-state index contributed by atoms with van der Waals surface area (Å²) in [7, 11) is 0. The molecular formula is C16H28N4O. The number of nitrogens with one attached hydrogen (secondary N) is 1. The van der Waals surface area contributed by atoms with Crippen LogP contribution in [0.3, 0.4) is 0 Å². The normalized spacial score (nSPS) is 31.0. The van der Waals surface area contributed by atoms with E-state index in [2.05, 4.69) is 41.1 Å². The van der Waals surface area contributed by atoms with Crippen LogP contribution in [0.25, 0.3) is 0 Å². The summed E-state index contributed by atoms with van der Waals surface area (Å²) in [5.74, 6) is 3.01. The van der Waals surface area contributed by atoms with E-state index < -0.39 is 0 Å². The van der Waals surface area contributed by atoms with Crippen molar-refractivity contribution in [1.29, 1.82) is 0 Å².